The first-order chi connectivity index (χ1) is 28.1. The summed E-state index contributed by atoms with van der Waals surface area (Å²) in [4.78, 5) is 51.7. The molecule has 3 aromatic rings. The molecule has 0 aliphatic rings. The van der Waals surface area contributed by atoms with Crippen LogP contribution in [0.5, 0.6) is 5.75 Å². The highest BCUT2D eigenvalue weighted by molar-refractivity contribution is 6.00. The Hall–Kier alpha value is -5.98. The first-order valence-corrected chi connectivity index (χ1v) is 18.8. The molecule has 0 radical (unpaired) electrons. The summed E-state index contributed by atoms with van der Waals surface area (Å²) in [5, 5.41) is 32.4. The largest absolute Gasteiger partial charge is 0.491 e. The zero-order valence-electron chi connectivity index (χ0n) is 32.6. The number of nitrogens with one attached hydrogen (secondary N) is 5. The average Bonchev–Trinajstić information content (AvgIpc) is 3.20. The zero-order valence-corrected chi connectivity index (χ0v) is 32.6. The van der Waals surface area contributed by atoms with Crippen LogP contribution in [0.15, 0.2) is 65.8 Å². The van der Waals surface area contributed by atoms with E-state index >= 15 is 0 Å². The third-order valence-corrected chi connectivity index (χ3v) is 8.32. The molecule has 58 heavy (non-hydrogen) atoms. The van der Waals surface area contributed by atoms with E-state index in [2.05, 4.69) is 31.3 Å². The number of nitrogens with two attached hydrogens (primary N) is 1. The highest BCUT2D eigenvalue weighted by Gasteiger charge is 2.22. The van der Waals surface area contributed by atoms with Crippen molar-refractivity contribution in [3.05, 3.63) is 76.7 Å². The molecule has 0 bridgehead atoms. The van der Waals surface area contributed by atoms with Gasteiger partial charge in [0, 0.05) is 30.3 Å². The second-order valence-corrected chi connectivity index (χ2v) is 12.7. The van der Waals surface area contributed by atoms with Crippen LogP contribution in [0.1, 0.15) is 37.8 Å². The van der Waals surface area contributed by atoms with Gasteiger partial charge in [0.1, 0.15) is 18.4 Å². The number of guanidine groups is 1. The van der Waals surface area contributed by atoms with Crippen molar-refractivity contribution >= 4 is 40.4 Å². The van der Waals surface area contributed by atoms with E-state index in [4.69, 9.17) is 40.4 Å². The van der Waals surface area contributed by atoms with Crippen molar-refractivity contribution in [2.75, 3.05) is 79.1 Å². The lowest BCUT2D eigenvalue weighted by atomic mass is 9.95. The van der Waals surface area contributed by atoms with Gasteiger partial charge in [-0.15, -0.1) is 0 Å². The van der Waals surface area contributed by atoms with Crippen molar-refractivity contribution in [1.29, 1.82) is 5.41 Å². The Morgan fingerprint density at radius 2 is 1.45 bits per heavy atom. The monoisotopic (exact) mass is 807 g/mol. The lowest BCUT2D eigenvalue weighted by Crippen LogP contribution is -2.49. The van der Waals surface area contributed by atoms with E-state index in [1.54, 1.807) is 12.1 Å². The van der Waals surface area contributed by atoms with Gasteiger partial charge in [-0.05, 0) is 46.5 Å². The number of hydrogen-bond acceptors (Lipinski definition) is 11. The van der Waals surface area contributed by atoms with Crippen LogP contribution in [-0.2, 0) is 38.1 Å². The van der Waals surface area contributed by atoms with E-state index < -0.39 is 48.7 Å². The van der Waals surface area contributed by atoms with E-state index in [1.165, 1.54) is 6.92 Å². The van der Waals surface area contributed by atoms with Crippen LogP contribution in [0.25, 0.3) is 32.3 Å². The summed E-state index contributed by atoms with van der Waals surface area (Å²) in [6.45, 7) is 5.01. The molecule has 0 aliphatic carbocycles. The topological polar surface area (TPSA) is 281 Å². The third-order valence-electron chi connectivity index (χ3n) is 8.32. The normalized spacial score (nSPS) is 11.8. The van der Waals surface area contributed by atoms with Crippen LogP contribution in [0.3, 0.4) is 0 Å². The van der Waals surface area contributed by atoms with Gasteiger partial charge >= 0.3 is 5.97 Å². The van der Waals surface area contributed by atoms with Crippen LogP contribution in [0, 0.1) is 5.41 Å². The summed E-state index contributed by atoms with van der Waals surface area (Å²) in [6.07, 6.45) is 0.264. The predicted molar refractivity (Wildman–Crippen MR) is 215 cm³/mol. The second-order valence-electron chi connectivity index (χ2n) is 12.7. The van der Waals surface area contributed by atoms with Gasteiger partial charge in [-0.1, -0.05) is 59.7 Å². The van der Waals surface area contributed by atoms with Crippen molar-refractivity contribution in [3.8, 4) is 16.9 Å². The summed E-state index contributed by atoms with van der Waals surface area (Å²) in [7, 11) is 0. The quantitative estimate of drug-likeness (QED) is 0.0133. The standard InChI is InChI=1S/C39H53N9O10/c1-27(49)46-33(7-4-14-43-39(40)41)38(53)44-26-36(50)47-34(25-37(51)52)29-10-8-28(9-11-29)30-12-13-35(32-6-3-2-5-31(30)32)58-24-23-57-22-21-56-20-19-55-18-17-54-16-15-45-48-42/h2-3,5-6,8-13,33-34H,4,7,14-26H2,1H3,(H,44,53)(H,46,49)(H,47,50)(H,51,52)(H4,40,41,43)/t33-,34-/m0/s1. The Morgan fingerprint density at radius 1 is 0.828 bits per heavy atom. The number of fused-ring (bicyclic) bond motifs is 1. The molecule has 19 heteroatoms. The minimum absolute atomic E-state index is 0.213. The number of carbonyl (C=O) groups is 4. The molecule has 0 unspecified atom stereocenters. The van der Waals surface area contributed by atoms with Crippen LogP contribution in [0.2, 0.25) is 0 Å². The van der Waals surface area contributed by atoms with Crippen molar-refractivity contribution < 1.29 is 48.0 Å². The summed E-state index contributed by atoms with van der Waals surface area (Å²) < 4.78 is 27.9. The van der Waals surface area contributed by atoms with Crippen LogP contribution >= 0.6 is 0 Å². The van der Waals surface area contributed by atoms with E-state index in [9.17, 15) is 24.3 Å². The van der Waals surface area contributed by atoms with E-state index in [-0.39, 0.29) is 12.4 Å². The first kappa shape index (κ1) is 46.4. The molecule has 19 nitrogen and oxygen atoms in total. The summed E-state index contributed by atoms with van der Waals surface area (Å²) in [5.41, 5.74) is 15.8. The molecule has 0 fully saturated rings. The Kier molecular flexibility index (Phi) is 21.4. The number of benzene rings is 3. The van der Waals surface area contributed by atoms with E-state index in [0.717, 1.165) is 21.9 Å². The highest BCUT2D eigenvalue weighted by Crippen LogP contribution is 2.35. The van der Waals surface area contributed by atoms with E-state index in [0.29, 0.717) is 90.3 Å². The number of azide groups is 1. The van der Waals surface area contributed by atoms with Crippen molar-refractivity contribution in [1.82, 2.24) is 21.3 Å². The molecule has 0 spiro atoms. The Morgan fingerprint density at radius 3 is 2.05 bits per heavy atom. The van der Waals surface area contributed by atoms with Crippen molar-refractivity contribution in [3.63, 3.8) is 0 Å². The highest BCUT2D eigenvalue weighted by atomic mass is 16.6. The summed E-state index contributed by atoms with van der Waals surface area (Å²) in [5.74, 6) is -2.25. The zero-order chi connectivity index (χ0) is 42.0. The van der Waals surface area contributed by atoms with Crippen LogP contribution < -0.4 is 31.7 Å². The molecule has 3 aromatic carbocycles. The number of amides is 3. The maximum Gasteiger partial charge on any atom is 0.305 e. The minimum atomic E-state index is -1.12. The lowest BCUT2D eigenvalue weighted by Gasteiger charge is -2.20. The third kappa shape index (κ3) is 17.9. The average molecular weight is 808 g/mol. The van der Waals surface area contributed by atoms with Gasteiger partial charge in [-0.25, -0.2) is 0 Å². The summed E-state index contributed by atoms with van der Waals surface area (Å²) >= 11 is 0. The van der Waals surface area contributed by atoms with Crippen LogP contribution in [-0.4, -0.2) is 120 Å². The van der Waals surface area contributed by atoms with Gasteiger partial charge in [0.05, 0.1) is 71.9 Å². The predicted octanol–water partition coefficient (Wildman–Crippen LogP) is 2.78. The Labute approximate surface area is 336 Å². The van der Waals surface area contributed by atoms with Gasteiger partial charge < -0.3 is 55.8 Å². The molecule has 3 rings (SSSR count). The Balaban J connectivity index is 1.49. The maximum absolute atomic E-state index is 12.9. The SMILES string of the molecule is CC(=O)N[C@@H](CCCNC(=N)N)C(=O)NCC(=O)N[C@@H](CC(=O)O)c1ccc(-c2ccc(OCCOCCOCCOCCOCCN=[N+]=[N-])c3ccccc23)cc1. The number of carbonyl (C=O) groups excluding carboxylic acids is 3. The van der Waals surface area contributed by atoms with Crippen LogP contribution in [0.4, 0.5) is 0 Å². The number of rotatable bonds is 29. The Bertz CT molecular complexity index is 1820. The fraction of sp³-hybridized carbons (Fsp3) is 0.462. The number of carboxylic acids is 1. The molecule has 0 heterocycles. The fourth-order valence-electron chi connectivity index (χ4n) is 5.67. The summed E-state index contributed by atoms with van der Waals surface area (Å²) in [6, 6.07) is 17.1. The number of ether oxygens (including phenoxy) is 5. The number of aliphatic carboxylic acids is 1. The van der Waals surface area contributed by atoms with Gasteiger partial charge in [-0.2, -0.15) is 0 Å². The molecular weight excluding hydrogens is 754 g/mol. The van der Waals surface area contributed by atoms with Gasteiger partial charge in [-0.3, -0.25) is 24.6 Å². The van der Waals surface area contributed by atoms with E-state index in [1.807, 2.05) is 48.5 Å². The molecular formula is C39H53N9O10. The molecule has 314 valence electrons. The molecule has 3 amide bonds. The minimum Gasteiger partial charge on any atom is -0.491 e. The van der Waals surface area contributed by atoms with Crippen molar-refractivity contribution in [2.24, 2.45) is 10.8 Å². The van der Waals surface area contributed by atoms with Gasteiger partial charge in [0.25, 0.3) is 0 Å². The fourth-order valence-corrected chi connectivity index (χ4v) is 5.67. The lowest BCUT2D eigenvalue weighted by molar-refractivity contribution is -0.138. The molecule has 0 saturated heterocycles. The molecule has 0 saturated carbocycles. The maximum atomic E-state index is 12.9. The molecule has 0 aliphatic heterocycles. The number of hydrogen-bond donors (Lipinski definition) is 7. The van der Waals surface area contributed by atoms with Gasteiger partial charge in [0.2, 0.25) is 17.7 Å². The molecule has 8 N–H and O–H groups in total. The van der Waals surface area contributed by atoms with Crippen molar-refractivity contribution in [2.45, 2.75) is 38.3 Å². The number of carboxylic acid groups (broad SMARTS) is 1. The van der Waals surface area contributed by atoms with Gasteiger partial charge in [0.15, 0.2) is 5.96 Å². The molecule has 2 atom stereocenters. The smallest absolute Gasteiger partial charge is 0.305 e. The second kappa shape index (κ2) is 26.8. The first-order valence-electron chi connectivity index (χ1n) is 18.8. The molecule has 0 aromatic heterocycles. The number of nitrogens with zero attached hydrogens (tertiary/aromatic N) is 3.